The van der Waals surface area contributed by atoms with Crippen LogP contribution in [0.5, 0.6) is 0 Å². The molecule has 0 spiro atoms. The highest BCUT2D eigenvalue weighted by Crippen LogP contribution is 2.37. The molecule has 1 atom stereocenters. The van der Waals surface area contributed by atoms with Gasteiger partial charge in [-0.2, -0.15) is 0 Å². The smallest absolute Gasteiger partial charge is 0.261 e. The second-order valence-corrected chi connectivity index (χ2v) is 9.36. The lowest BCUT2D eigenvalue weighted by atomic mass is 9.86. The van der Waals surface area contributed by atoms with Gasteiger partial charge < -0.3 is 19.7 Å². The van der Waals surface area contributed by atoms with Crippen LogP contribution in [-0.4, -0.2) is 61.7 Å². The Kier molecular flexibility index (Phi) is 7.53. The van der Waals surface area contributed by atoms with E-state index >= 15 is 0 Å². The first-order chi connectivity index (χ1) is 15.2. The summed E-state index contributed by atoms with van der Waals surface area (Å²) in [4.78, 5) is 33.7. The van der Waals surface area contributed by atoms with E-state index in [2.05, 4.69) is 10.3 Å². The highest BCUT2D eigenvalue weighted by molar-refractivity contribution is 7.20. The number of morpholine rings is 1. The molecular weight excluding hydrogens is 414 g/mol. The van der Waals surface area contributed by atoms with Gasteiger partial charge in [-0.25, -0.2) is 4.98 Å². The molecule has 2 aromatic rings. The van der Waals surface area contributed by atoms with Crippen molar-refractivity contribution in [2.75, 3.05) is 40.0 Å². The monoisotopic (exact) mass is 445 g/mol. The van der Waals surface area contributed by atoms with E-state index in [0.717, 1.165) is 28.6 Å². The number of rotatable bonds is 7. The molecule has 0 bridgehead atoms. The molecule has 0 radical (unpaired) electrons. The Morgan fingerprint density at radius 1 is 1.32 bits per heavy atom. The van der Waals surface area contributed by atoms with E-state index in [0.29, 0.717) is 50.1 Å². The average molecular weight is 446 g/mol. The Balaban J connectivity index is 1.53. The van der Waals surface area contributed by atoms with Crippen molar-refractivity contribution in [2.45, 2.75) is 44.6 Å². The van der Waals surface area contributed by atoms with E-state index in [1.54, 1.807) is 13.3 Å². The van der Waals surface area contributed by atoms with Gasteiger partial charge >= 0.3 is 0 Å². The number of aromatic nitrogens is 1. The van der Waals surface area contributed by atoms with Gasteiger partial charge in [-0.3, -0.25) is 9.59 Å². The van der Waals surface area contributed by atoms with Gasteiger partial charge in [-0.1, -0.05) is 25.3 Å². The molecular formula is C23H31N3O4S. The Morgan fingerprint density at radius 3 is 2.97 bits per heavy atom. The maximum atomic E-state index is 13.0. The second-order valence-electron chi connectivity index (χ2n) is 8.36. The lowest BCUT2D eigenvalue weighted by molar-refractivity contribution is -0.140. The minimum atomic E-state index is -0.329. The molecule has 168 valence electrons. The Morgan fingerprint density at radius 2 is 2.16 bits per heavy atom. The number of nitrogens with zero attached hydrogens (tertiary/aromatic N) is 2. The molecule has 2 aromatic heterocycles. The summed E-state index contributed by atoms with van der Waals surface area (Å²) >= 11 is 1.37. The molecule has 0 unspecified atom stereocenters. The lowest BCUT2D eigenvalue weighted by Gasteiger charge is -2.34. The van der Waals surface area contributed by atoms with Gasteiger partial charge in [0.2, 0.25) is 5.91 Å². The minimum Gasteiger partial charge on any atom is -0.383 e. The number of hydrogen-bond acceptors (Lipinski definition) is 6. The van der Waals surface area contributed by atoms with Crippen molar-refractivity contribution in [1.29, 1.82) is 0 Å². The van der Waals surface area contributed by atoms with E-state index in [1.165, 1.54) is 30.6 Å². The van der Waals surface area contributed by atoms with Crippen LogP contribution in [0.15, 0.2) is 18.3 Å². The van der Waals surface area contributed by atoms with Gasteiger partial charge in [0, 0.05) is 43.8 Å². The molecule has 1 saturated heterocycles. The number of ether oxygens (including phenoxy) is 2. The molecule has 1 aliphatic heterocycles. The van der Waals surface area contributed by atoms with Crippen LogP contribution < -0.4 is 5.32 Å². The molecule has 7 nitrogen and oxygen atoms in total. The van der Waals surface area contributed by atoms with Gasteiger partial charge in [-0.15, -0.1) is 11.3 Å². The summed E-state index contributed by atoms with van der Waals surface area (Å²) < 4.78 is 11.1. The van der Waals surface area contributed by atoms with Crippen molar-refractivity contribution in [2.24, 2.45) is 5.92 Å². The van der Waals surface area contributed by atoms with Gasteiger partial charge in [0.1, 0.15) is 15.8 Å². The number of carbonyl (C=O) groups is 2. The lowest BCUT2D eigenvalue weighted by Crippen LogP contribution is -2.43. The van der Waals surface area contributed by atoms with Crippen molar-refractivity contribution in [3.05, 3.63) is 28.8 Å². The van der Waals surface area contributed by atoms with Gasteiger partial charge in [0.15, 0.2) is 0 Å². The number of thiophene rings is 1. The van der Waals surface area contributed by atoms with E-state index in [4.69, 9.17) is 9.47 Å². The van der Waals surface area contributed by atoms with Crippen LogP contribution in [0.1, 0.15) is 59.9 Å². The van der Waals surface area contributed by atoms with E-state index in [1.807, 2.05) is 17.0 Å². The average Bonchev–Trinajstić information content (AvgIpc) is 3.20. The zero-order valence-electron chi connectivity index (χ0n) is 18.1. The summed E-state index contributed by atoms with van der Waals surface area (Å²) in [7, 11) is 1.61. The first-order valence-electron chi connectivity index (χ1n) is 11.2. The SMILES string of the molecule is COCCNC(=O)c1sc2ncccc2c1[C@@H]1CN(C(=O)CC2CCCCC2)CCO1. The highest BCUT2D eigenvalue weighted by atomic mass is 32.1. The summed E-state index contributed by atoms with van der Waals surface area (Å²) in [5.74, 6) is 0.573. The summed E-state index contributed by atoms with van der Waals surface area (Å²) in [5.41, 5.74) is 0.846. The summed E-state index contributed by atoms with van der Waals surface area (Å²) in [6, 6.07) is 3.85. The summed E-state index contributed by atoms with van der Waals surface area (Å²) in [6.07, 6.45) is 8.11. The maximum absolute atomic E-state index is 13.0. The van der Waals surface area contributed by atoms with Crippen LogP contribution in [-0.2, 0) is 14.3 Å². The number of methoxy groups -OCH3 is 1. The maximum Gasteiger partial charge on any atom is 0.261 e. The highest BCUT2D eigenvalue weighted by Gasteiger charge is 2.32. The molecule has 1 N–H and O–H groups in total. The predicted octanol–water partition coefficient (Wildman–Crippen LogP) is 3.54. The molecule has 4 rings (SSSR count). The van der Waals surface area contributed by atoms with Crippen LogP contribution in [0.3, 0.4) is 0 Å². The Hall–Kier alpha value is -2.03. The Bertz CT molecular complexity index is 909. The normalized spacial score (nSPS) is 20.2. The van der Waals surface area contributed by atoms with Crippen LogP contribution in [0.4, 0.5) is 0 Å². The first-order valence-corrected chi connectivity index (χ1v) is 12.0. The van der Waals surface area contributed by atoms with E-state index in [9.17, 15) is 9.59 Å². The fraction of sp³-hybridized carbons (Fsp3) is 0.609. The molecule has 3 heterocycles. The molecule has 2 fully saturated rings. The topological polar surface area (TPSA) is 80.8 Å². The quantitative estimate of drug-likeness (QED) is 0.660. The number of hydrogen-bond donors (Lipinski definition) is 1. The molecule has 2 amide bonds. The predicted molar refractivity (Wildman–Crippen MR) is 120 cm³/mol. The second kappa shape index (κ2) is 10.5. The summed E-state index contributed by atoms with van der Waals surface area (Å²) in [6.45, 7) is 2.45. The standard InChI is InChI=1S/C23H31N3O4S/c1-29-12-10-24-22(28)21-20(17-8-5-9-25-23(17)31-21)18-15-26(11-13-30-18)19(27)14-16-6-3-2-4-7-16/h5,8-9,16,18H,2-4,6-7,10-15H2,1H3,(H,24,28)/t18-/m0/s1. The third kappa shape index (κ3) is 5.25. The molecule has 1 saturated carbocycles. The number of nitrogens with one attached hydrogen (secondary N) is 1. The zero-order chi connectivity index (χ0) is 21.6. The minimum absolute atomic E-state index is 0.149. The number of amides is 2. The zero-order valence-corrected chi connectivity index (χ0v) is 18.9. The van der Waals surface area contributed by atoms with E-state index < -0.39 is 0 Å². The van der Waals surface area contributed by atoms with Gasteiger partial charge in [0.25, 0.3) is 5.91 Å². The molecule has 0 aromatic carbocycles. The third-order valence-electron chi connectivity index (χ3n) is 6.23. The summed E-state index contributed by atoms with van der Waals surface area (Å²) in [5, 5.41) is 3.84. The number of carbonyl (C=O) groups excluding carboxylic acids is 2. The Labute approximate surface area is 187 Å². The van der Waals surface area contributed by atoms with Crippen LogP contribution in [0.2, 0.25) is 0 Å². The molecule has 2 aliphatic rings. The van der Waals surface area contributed by atoms with Crippen molar-refractivity contribution >= 4 is 33.4 Å². The molecule has 1 aliphatic carbocycles. The van der Waals surface area contributed by atoms with E-state index in [-0.39, 0.29) is 17.9 Å². The largest absolute Gasteiger partial charge is 0.383 e. The fourth-order valence-electron chi connectivity index (χ4n) is 4.60. The number of fused-ring (bicyclic) bond motifs is 1. The van der Waals surface area contributed by atoms with Crippen LogP contribution in [0, 0.1) is 5.92 Å². The van der Waals surface area contributed by atoms with Crippen LogP contribution >= 0.6 is 11.3 Å². The van der Waals surface area contributed by atoms with Gasteiger partial charge in [0.05, 0.1) is 19.8 Å². The fourth-order valence-corrected chi connectivity index (χ4v) is 5.72. The van der Waals surface area contributed by atoms with Crippen molar-refractivity contribution in [3.8, 4) is 0 Å². The third-order valence-corrected chi connectivity index (χ3v) is 7.36. The van der Waals surface area contributed by atoms with Crippen LogP contribution in [0.25, 0.3) is 10.2 Å². The van der Waals surface area contributed by atoms with Crippen molar-refractivity contribution in [1.82, 2.24) is 15.2 Å². The van der Waals surface area contributed by atoms with Crippen molar-refractivity contribution < 1.29 is 19.1 Å². The molecule has 8 heteroatoms. The van der Waals surface area contributed by atoms with Gasteiger partial charge in [-0.05, 0) is 24.8 Å². The van der Waals surface area contributed by atoms with Crippen molar-refractivity contribution in [3.63, 3.8) is 0 Å². The first kappa shape index (κ1) is 22.2. The number of pyridine rings is 1. The molecule has 31 heavy (non-hydrogen) atoms.